The number of urea groups is 1. The molecule has 2 fully saturated rings. The summed E-state index contributed by atoms with van der Waals surface area (Å²) in [5, 5.41) is 2.57. The number of hydrogen-bond donors (Lipinski definition) is 1. The van der Waals surface area contributed by atoms with Gasteiger partial charge in [-0.1, -0.05) is 37.3 Å². The highest BCUT2D eigenvalue weighted by atomic mass is 16.2. The molecule has 124 valence electrons. The second kappa shape index (κ2) is 6.71. The summed E-state index contributed by atoms with van der Waals surface area (Å²) in [6.07, 6.45) is 3.24. The summed E-state index contributed by atoms with van der Waals surface area (Å²) >= 11 is 0. The first-order chi connectivity index (χ1) is 11.1. The summed E-state index contributed by atoms with van der Waals surface area (Å²) in [7, 11) is 0. The van der Waals surface area contributed by atoms with Gasteiger partial charge in [0.05, 0.1) is 6.54 Å². The van der Waals surface area contributed by atoms with E-state index in [2.05, 4.69) is 47.5 Å². The van der Waals surface area contributed by atoms with Crippen LogP contribution in [-0.4, -0.2) is 54.5 Å². The fraction of sp³-hybridized carbons (Fsp3) is 0.556. The summed E-state index contributed by atoms with van der Waals surface area (Å²) in [5.74, 6) is -0.109. The van der Waals surface area contributed by atoms with E-state index in [0.717, 1.165) is 26.1 Å². The van der Waals surface area contributed by atoms with E-state index in [0.29, 0.717) is 6.54 Å². The SMILES string of the molecule is CC1(c2ccccc2)CCCN(CCCN2C(=O)CNC2=O)C1. The first-order valence-corrected chi connectivity index (χ1v) is 8.45. The molecular formula is C18H25N3O2. The van der Waals surface area contributed by atoms with Gasteiger partial charge in [0.1, 0.15) is 0 Å². The van der Waals surface area contributed by atoms with Crippen molar-refractivity contribution < 1.29 is 9.59 Å². The van der Waals surface area contributed by atoms with Crippen LogP contribution in [0.2, 0.25) is 0 Å². The van der Waals surface area contributed by atoms with Crippen molar-refractivity contribution >= 4 is 11.9 Å². The van der Waals surface area contributed by atoms with E-state index in [1.165, 1.54) is 23.3 Å². The zero-order valence-corrected chi connectivity index (χ0v) is 13.8. The Morgan fingerprint density at radius 2 is 1.96 bits per heavy atom. The van der Waals surface area contributed by atoms with Crippen LogP contribution in [0.15, 0.2) is 30.3 Å². The third-order valence-electron chi connectivity index (χ3n) is 5.04. The summed E-state index contributed by atoms with van der Waals surface area (Å²) in [5.41, 5.74) is 1.60. The zero-order chi connectivity index (χ0) is 16.3. The standard InChI is InChI=1S/C18H25N3O2/c1-18(15-7-3-2-4-8-15)9-5-10-20(14-18)11-6-12-21-16(22)13-19-17(21)23/h2-4,7-8H,5-6,9-14H2,1H3,(H,19,23). The minimum atomic E-state index is -0.247. The molecule has 1 N–H and O–H groups in total. The molecule has 0 spiro atoms. The lowest BCUT2D eigenvalue weighted by molar-refractivity contribution is -0.125. The lowest BCUT2D eigenvalue weighted by atomic mass is 9.76. The maximum absolute atomic E-state index is 11.6. The van der Waals surface area contributed by atoms with Crippen molar-refractivity contribution in [3.63, 3.8) is 0 Å². The van der Waals surface area contributed by atoms with Gasteiger partial charge in [0, 0.05) is 18.5 Å². The molecule has 1 aromatic rings. The molecule has 5 heteroatoms. The van der Waals surface area contributed by atoms with Crippen LogP contribution in [0, 0.1) is 0 Å². The molecule has 2 aliphatic rings. The van der Waals surface area contributed by atoms with Gasteiger partial charge in [0.15, 0.2) is 0 Å². The number of likely N-dealkylation sites (tertiary alicyclic amines) is 1. The van der Waals surface area contributed by atoms with Crippen molar-refractivity contribution in [2.24, 2.45) is 0 Å². The van der Waals surface area contributed by atoms with Crippen molar-refractivity contribution in [2.45, 2.75) is 31.6 Å². The van der Waals surface area contributed by atoms with Crippen LogP contribution in [0.4, 0.5) is 4.79 Å². The molecule has 2 aliphatic heterocycles. The van der Waals surface area contributed by atoms with Crippen LogP contribution in [0.25, 0.3) is 0 Å². The number of amides is 3. The Kier molecular flexibility index (Phi) is 4.66. The van der Waals surface area contributed by atoms with Gasteiger partial charge < -0.3 is 10.2 Å². The number of carbonyl (C=O) groups excluding carboxylic acids is 2. The van der Waals surface area contributed by atoms with Crippen molar-refractivity contribution in [1.82, 2.24) is 15.1 Å². The van der Waals surface area contributed by atoms with Gasteiger partial charge >= 0.3 is 6.03 Å². The molecule has 23 heavy (non-hydrogen) atoms. The molecule has 0 saturated carbocycles. The molecule has 3 amide bonds. The molecule has 5 nitrogen and oxygen atoms in total. The fourth-order valence-electron chi connectivity index (χ4n) is 3.75. The average molecular weight is 315 g/mol. The molecule has 2 heterocycles. The highest BCUT2D eigenvalue weighted by Gasteiger charge is 2.33. The van der Waals surface area contributed by atoms with Crippen molar-refractivity contribution in [3.05, 3.63) is 35.9 Å². The highest BCUT2D eigenvalue weighted by Crippen LogP contribution is 2.33. The molecule has 0 radical (unpaired) electrons. The molecule has 0 bridgehead atoms. The van der Waals surface area contributed by atoms with Crippen molar-refractivity contribution in [2.75, 3.05) is 32.7 Å². The Hall–Kier alpha value is -1.88. The Labute approximate surface area is 137 Å². The summed E-state index contributed by atoms with van der Waals surface area (Å²) in [6, 6.07) is 10.5. The van der Waals surface area contributed by atoms with Crippen LogP contribution >= 0.6 is 0 Å². The van der Waals surface area contributed by atoms with E-state index in [-0.39, 0.29) is 23.9 Å². The Balaban J connectivity index is 1.53. The van der Waals surface area contributed by atoms with E-state index in [1.54, 1.807) is 0 Å². The second-order valence-electron chi connectivity index (χ2n) is 6.86. The van der Waals surface area contributed by atoms with Gasteiger partial charge in [-0.05, 0) is 37.9 Å². The molecular weight excluding hydrogens is 290 g/mol. The molecule has 1 atom stereocenters. The lowest BCUT2D eigenvalue weighted by Crippen LogP contribution is -2.45. The van der Waals surface area contributed by atoms with Crippen LogP contribution < -0.4 is 5.32 Å². The zero-order valence-electron chi connectivity index (χ0n) is 13.8. The number of piperidine rings is 1. The van der Waals surface area contributed by atoms with Crippen molar-refractivity contribution in [3.8, 4) is 0 Å². The maximum Gasteiger partial charge on any atom is 0.324 e. The van der Waals surface area contributed by atoms with E-state index in [4.69, 9.17) is 0 Å². The summed E-state index contributed by atoms with van der Waals surface area (Å²) in [6.45, 7) is 6.07. The third-order valence-corrected chi connectivity index (χ3v) is 5.04. The van der Waals surface area contributed by atoms with Crippen LogP contribution in [0.1, 0.15) is 31.7 Å². The first kappa shape index (κ1) is 16.0. The normalized spacial score (nSPS) is 25.7. The topological polar surface area (TPSA) is 52.6 Å². The molecule has 1 aromatic carbocycles. The van der Waals surface area contributed by atoms with Gasteiger partial charge in [-0.25, -0.2) is 4.79 Å². The van der Waals surface area contributed by atoms with Gasteiger partial charge in [0.2, 0.25) is 5.91 Å². The first-order valence-electron chi connectivity index (χ1n) is 8.45. The Morgan fingerprint density at radius 1 is 1.17 bits per heavy atom. The molecule has 3 rings (SSSR count). The predicted molar refractivity (Wildman–Crippen MR) is 89.2 cm³/mol. The quantitative estimate of drug-likeness (QED) is 0.845. The van der Waals surface area contributed by atoms with Crippen LogP contribution in [0.3, 0.4) is 0 Å². The number of nitrogens with one attached hydrogen (secondary N) is 1. The van der Waals surface area contributed by atoms with Crippen LogP contribution in [0.5, 0.6) is 0 Å². The van der Waals surface area contributed by atoms with Gasteiger partial charge in [0.25, 0.3) is 0 Å². The molecule has 2 saturated heterocycles. The predicted octanol–water partition coefficient (Wildman–Crippen LogP) is 1.98. The number of rotatable bonds is 5. The minimum Gasteiger partial charge on any atom is -0.329 e. The van der Waals surface area contributed by atoms with Gasteiger partial charge in [-0.3, -0.25) is 9.69 Å². The Bertz CT molecular complexity index is 559. The molecule has 1 unspecified atom stereocenters. The highest BCUT2D eigenvalue weighted by molar-refractivity contribution is 6.01. The third kappa shape index (κ3) is 3.55. The number of imide groups is 1. The fourth-order valence-corrected chi connectivity index (χ4v) is 3.75. The Morgan fingerprint density at radius 3 is 2.65 bits per heavy atom. The van der Waals surface area contributed by atoms with Gasteiger partial charge in [-0.2, -0.15) is 0 Å². The smallest absolute Gasteiger partial charge is 0.324 e. The summed E-state index contributed by atoms with van der Waals surface area (Å²) in [4.78, 5) is 26.9. The molecule has 0 aromatic heterocycles. The number of carbonyl (C=O) groups is 2. The van der Waals surface area contributed by atoms with E-state index in [1.807, 2.05) is 0 Å². The molecule has 0 aliphatic carbocycles. The van der Waals surface area contributed by atoms with Crippen LogP contribution in [-0.2, 0) is 10.2 Å². The van der Waals surface area contributed by atoms with E-state index >= 15 is 0 Å². The van der Waals surface area contributed by atoms with E-state index in [9.17, 15) is 9.59 Å². The van der Waals surface area contributed by atoms with E-state index < -0.39 is 0 Å². The maximum atomic E-state index is 11.6. The largest absolute Gasteiger partial charge is 0.329 e. The van der Waals surface area contributed by atoms with Gasteiger partial charge in [-0.15, -0.1) is 0 Å². The summed E-state index contributed by atoms with van der Waals surface area (Å²) < 4.78 is 0. The minimum absolute atomic E-state index is 0.109. The number of nitrogens with zero attached hydrogens (tertiary/aromatic N) is 2. The number of benzene rings is 1. The lowest BCUT2D eigenvalue weighted by Gasteiger charge is -2.41. The monoisotopic (exact) mass is 315 g/mol. The second-order valence-corrected chi connectivity index (χ2v) is 6.86. The number of hydrogen-bond acceptors (Lipinski definition) is 3. The average Bonchev–Trinajstić information content (AvgIpc) is 2.88. The van der Waals surface area contributed by atoms with Crippen molar-refractivity contribution in [1.29, 1.82) is 0 Å².